The Morgan fingerprint density at radius 1 is 1.31 bits per heavy atom. The van der Waals surface area contributed by atoms with E-state index in [9.17, 15) is 4.79 Å². The Morgan fingerprint density at radius 3 is 2.23 bits per heavy atom. The second-order valence-corrected chi connectivity index (χ2v) is 4.45. The van der Waals surface area contributed by atoms with Gasteiger partial charge in [0.15, 0.2) is 0 Å². The second kappa shape index (κ2) is 5.05. The Balaban J connectivity index is 3.81. The van der Waals surface area contributed by atoms with Crippen LogP contribution in [0.1, 0.15) is 41.0 Å². The van der Waals surface area contributed by atoms with Crippen LogP contribution < -0.4 is 0 Å². The summed E-state index contributed by atoms with van der Waals surface area (Å²) in [6.07, 6.45) is 3.04. The van der Waals surface area contributed by atoms with Crippen molar-refractivity contribution >= 4 is 5.97 Å². The zero-order chi connectivity index (χ0) is 10.5. The van der Waals surface area contributed by atoms with Gasteiger partial charge >= 0.3 is 5.97 Å². The highest BCUT2D eigenvalue weighted by Crippen LogP contribution is 2.18. The molecule has 0 aromatic heterocycles. The molecule has 76 valence electrons. The first-order valence-corrected chi connectivity index (χ1v) is 4.63. The third-order valence-electron chi connectivity index (χ3n) is 1.48. The summed E-state index contributed by atoms with van der Waals surface area (Å²) in [4.78, 5) is 10.5. The highest BCUT2D eigenvalue weighted by atomic mass is 16.5. The Labute approximate surface area is 81.0 Å². The Morgan fingerprint density at radius 2 is 1.85 bits per heavy atom. The van der Waals surface area contributed by atoms with E-state index < -0.39 is 0 Å². The van der Waals surface area contributed by atoms with Crippen LogP contribution >= 0.6 is 0 Å². The van der Waals surface area contributed by atoms with E-state index >= 15 is 0 Å². The number of rotatable bonds is 3. The second-order valence-electron chi connectivity index (χ2n) is 4.45. The van der Waals surface area contributed by atoms with Crippen molar-refractivity contribution in [1.29, 1.82) is 0 Å². The zero-order valence-corrected chi connectivity index (χ0v) is 9.31. The standard InChI is InChI=1S/C11H20O2/c1-9(8-11(3,4)5)6-7-13-10(2)12/h8H,6-7H2,1-5H3/b9-8+. The fraction of sp³-hybridized carbons (Fsp3) is 0.727. The number of carbonyl (C=O) groups is 1. The molecular weight excluding hydrogens is 164 g/mol. The Bertz CT molecular complexity index is 197. The van der Waals surface area contributed by atoms with E-state index in [-0.39, 0.29) is 11.4 Å². The van der Waals surface area contributed by atoms with E-state index in [0.29, 0.717) is 6.61 Å². The molecule has 0 saturated heterocycles. The van der Waals surface area contributed by atoms with E-state index in [4.69, 9.17) is 4.74 Å². The largest absolute Gasteiger partial charge is 0.466 e. The summed E-state index contributed by atoms with van der Waals surface area (Å²) in [6, 6.07) is 0. The lowest BCUT2D eigenvalue weighted by atomic mass is 9.93. The summed E-state index contributed by atoms with van der Waals surface area (Å²) in [5.41, 5.74) is 1.48. The first-order chi connectivity index (χ1) is 5.81. The maximum absolute atomic E-state index is 10.5. The first-order valence-electron chi connectivity index (χ1n) is 4.63. The molecule has 0 amide bonds. The van der Waals surface area contributed by atoms with Crippen LogP contribution in [0.3, 0.4) is 0 Å². The van der Waals surface area contributed by atoms with E-state index in [1.807, 2.05) is 0 Å². The molecule has 0 N–H and O–H groups in total. The Hall–Kier alpha value is -0.790. The minimum Gasteiger partial charge on any atom is -0.466 e. The summed E-state index contributed by atoms with van der Waals surface area (Å²) < 4.78 is 4.85. The van der Waals surface area contributed by atoms with Crippen LogP contribution in [0.2, 0.25) is 0 Å². The molecule has 0 aliphatic heterocycles. The van der Waals surface area contributed by atoms with Gasteiger partial charge in [0.1, 0.15) is 0 Å². The summed E-state index contributed by atoms with van der Waals surface area (Å²) in [5.74, 6) is -0.205. The number of allylic oxidation sites excluding steroid dienone is 1. The van der Waals surface area contributed by atoms with Gasteiger partial charge in [-0.3, -0.25) is 4.79 Å². The van der Waals surface area contributed by atoms with E-state index in [1.54, 1.807) is 0 Å². The van der Waals surface area contributed by atoms with Crippen molar-refractivity contribution in [2.75, 3.05) is 6.61 Å². The molecule has 0 heterocycles. The highest BCUT2D eigenvalue weighted by molar-refractivity contribution is 5.65. The van der Waals surface area contributed by atoms with Crippen LogP contribution in [0.5, 0.6) is 0 Å². The van der Waals surface area contributed by atoms with Gasteiger partial charge in [0.05, 0.1) is 6.61 Å². The van der Waals surface area contributed by atoms with Gasteiger partial charge in [0, 0.05) is 13.3 Å². The maximum Gasteiger partial charge on any atom is 0.302 e. The minimum absolute atomic E-state index is 0.205. The van der Waals surface area contributed by atoms with Crippen molar-refractivity contribution in [2.24, 2.45) is 5.41 Å². The lowest BCUT2D eigenvalue weighted by Gasteiger charge is -2.14. The zero-order valence-electron chi connectivity index (χ0n) is 9.31. The number of hydrogen-bond acceptors (Lipinski definition) is 2. The van der Waals surface area contributed by atoms with Gasteiger partial charge in [-0.2, -0.15) is 0 Å². The van der Waals surface area contributed by atoms with Crippen LogP contribution in [-0.2, 0) is 9.53 Å². The van der Waals surface area contributed by atoms with Crippen molar-refractivity contribution in [3.63, 3.8) is 0 Å². The van der Waals surface area contributed by atoms with Crippen LogP contribution in [0.15, 0.2) is 11.6 Å². The highest BCUT2D eigenvalue weighted by Gasteiger charge is 2.06. The number of ether oxygens (including phenoxy) is 1. The molecular formula is C11H20O2. The topological polar surface area (TPSA) is 26.3 Å². The Kier molecular flexibility index (Phi) is 4.74. The molecule has 0 spiro atoms. The van der Waals surface area contributed by atoms with Crippen molar-refractivity contribution in [1.82, 2.24) is 0 Å². The van der Waals surface area contributed by atoms with Gasteiger partial charge in [0.2, 0.25) is 0 Å². The molecule has 0 aromatic rings. The smallest absolute Gasteiger partial charge is 0.302 e. The molecule has 0 radical (unpaired) electrons. The average molecular weight is 184 g/mol. The molecule has 0 fully saturated rings. The van der Waals surface area contributed by atoms with Crippen LogP contribution in [-0.4, -0.2) is 12.6 Å². The predicted molar refractivity (Wildman–Crippen MR) is 54.5 cm³/mol. The van der Waals surface area contributed by atoms with Crippen LogP contribution in [0, 0.1) is 5.41 Å². The quantitative estimate of drug-likeness (QED) is 0.498. The molecule has 0 bridgehead atoms. The van der Waals surface area contributed by atoms with Gasteiger partial charge in [-0.1, -0.05) is 32.4 Å². The molecule has 2 heteroatoms. The predicted octanol–water partition coefficient (Wildman–Crippen LogP) is 2.93. The van der Waals surface area contributed by atoms with Crippen molar-refractivity contribution in [3.8, 4) is 0 Å². The van der Waals surface area contributed by atoms with Gasteiger partial charge in [-0.25, -0.2) is 0 Å². The lowest BCUT2D eigenvalue weighted by molar-refractivity contribution is -0.140. The maximum atomic E-state index is 10.5. The average Bonchev–Trinajstić information content (AvgIpc) is 1.81. The summed E-state index contributed by atoms with van der Waals surface area (Å²) in [7, 11) is 0. The number of hydrogen-bond donors (Lipinski definition) is 0. The van der Waals surface area contributed by atoms with Gasteiger partial charge in [-0.15, -0.1) is 0 Å². The SMILES string of the molecule is CC(=O)OCC/C(C)=C/C(C)(C)C. The molecule has 0 aliphatic rings. The third-order valence-corrected chi connectivity index (χ3v) is 1.48. The minimum atomic E-state index is -0.205. The van der Waals surface area contributed by atoms with E-state index in [0.717, 1.165) is 6.42 Å². The molecule has 13 heavy (non-hydrogen) atoms. The normalized spacial score (nSPS) is 12.8. The van der Waals surface area contributed by atoms with Gasteiger partial charge in [0.25, 0.3) is 0 Å². The summed E-state index contributed by atoms with van der Waals surface area (Å²) in [5, 5.41) is 0. The first kappa shape index (κ1) is 12.2. The summed E-state index contributed by atoms with van der Waals surface area (Å²) in [6.45, 7) is 10.5. The molecule has 0 unspecified atom stereocenters. The van der Waals surface area contributed by atoms with Crippen LogP contribution in [0.4, 0.5) is 0 Å². The fourth-order valence-electron chi connectivity index (χ4n) is 1.17. The van der Waals surface area contributed by atoms with E-state index in [1.165, 1.54) is 12.5 Å². The lowest BCUT2D eigenvalue weighted by Crippen LogP contribution is -2.04. The third kappa shape index (κ3) is 9.12. The number of esters is 1. The molecule has 0 atom stereocenters. The fourth-order valence-corrected chi connectivity index (χ4v) is 1.17. The molecule has 0 aliphatic carbocycles. The number of carbonyl (C=O) groups excluding carboxylic acids is 1. The molecule has 0 rings (SSSR count). The molecule has 2 nitrogen and oxygen atoms in total. The van der Waals surface area contributed by atoms with Crippen LogP contribution in [0.25, 0.3) is 0 Å². The van der Waals surface area contributed by atoms with Gasteiger partial charge < -0.3 is 4.74 Å². The molecule has 0 saturated carbocycles. The van der Waals surface area contributed by atoms with Crippen molar-refractivity contribution < 1.29 is 9.53 Å². The van der Waals surface area contributed by atoms with E-state index in [2.05, 4.69) is 33.8 Å². The summed E-state index contributed by atoms with van der Waals surface area (Å²) >= 11 is 0. The monoisotopic (exact) mass is 184 g/mol. The molecule has 0 aromatic carbocycles. The van der Waals surface area contributed by atoms with Crippen molar-refractivity contribution in [2.45, 2.75) is 41.0 Å². The van der Waals surface area contributed by atoms with Gasteiger partial charge in [-0.05, 0) is 12.3 Å². The van der Waals surface area contributed by atoms with Crippen molar-refractivity contribution in [3.05, 3.63) is 11.6 Å².